The number of hydrogen-bond acceptors (Lipinski definition) is 3. The summed E-state index contributed by atoms with van der Waals surface area (Å²) >= 11 is 0. The fourth-order valence-corrected chi connectivity index (χ4v) is 2.58. The van der Waals surface area contributed by atoms with Gasteiger partial charge in [0.2, 0.25) is 0 Å². The summed E-state index contributed by atoms with van der Waals surface area (Å²) in [6, 6.07) is 4.13. The molecule has 0 amide bonds. The van der Waals surface area contributed by atoms with Crippen LogP contribution in [0.2, 0.25) is 0 Å². The lowest BCUT2D eigenvalue weighted by Crippen LogP contribution is -2.35. The Morgan fingerprint density at radius 3 is 2.76 bits per heavy atom. The number of hydrogen-bond donors (Lipinski definition) is 1. The minimum Gasteiger partial charge on any atom is -0.356 e. The van der Waals surface area contributed by atoms with Crippen LogP contribution in [-0.4, -0.2) is 18.1 Å². The predicted octanol–water partition coefficient (Wildman–Crippen LogP) is 2.73. The van der Waals surface area contributed by atoms with Crippen molar-refractivity contribution in [1.82, 2.24) is 4.98 Å². The van der Waals surface area contributed by atoms with Crippen molar-refractivity contribution < 1.29 is 0 Å². The fraction of sp³-hybridized carbons (Fsp3) is 0.643. The molecule has 2 N–H and O–H groups in total. The quantitative estimate of drug-likeness (QED) is 0.873. The Morgan fingerprint density at radius 1 is 1.47 bits per heavy atom. The van der Waals surface area contributed by atoms with E-state index in [2.05, 4.69) is 22.9 Å². The molecule has 1 aliphatic heterocycles. The van der Waals surface area contributed by atoms with Gasteiger partial charge in [-0.3, -0.25) is 0 Å². The van der Waals surface area contributed by atoms with Crippen LogP contribution in [0.1, 0.15) is 44.7 Å². The average Bonchev–Trinajstić information content (AvgIpc) is 2.39. The van der Waals surface area contributed by atoms with Crippen LogP contribution in [0.25, 0.3) is 0 Å². The maximum atomic E-state index is 6.01. The first-order valence-electron chi connectivity index (χ1n) is 6.67. The number of rotatable bonds is 3. The number of nitrogens with two attached hydrogens (primary N) is 1. The summed E-state index contributed by atoms with van der Waals surface area (Å²) < 4.78 is 0. The summed E-state index contributed by atoms with van der Waals surface area (Å²) in [4.78, 5) is 6.91. The van der Waals surface area contributed by atoms with E-state index >= 15 is 0 Å². The van der Waals surface area contributed by atoms with Gasteiger partial charge in [0.25, 0.3) is 0 Å². The molecule has 0 spiro atoms. The van der Waals surface area contributed by atoms with E-state index in [1.165, 1.54) is 24.8 Å². The molecule has 0 saturated carbocycles. The highest BCUT2D eigenvalue weighted by atomic mass is 15.2. The van der Waals surface area contributed by atoms with Crippen molar-refractivity contribution in [3.05, 3.63) is 23.9 Å². The van der Waals surface area contributed by atoms with Gasteiger partial charge in [-0.2, -0.15) is 0 Å². The molecular formula is C14H23N3. The van der Waals surface area contributed by atoms with Crippen molar-refractivity contribution >= 4 is 5.82 Å². The molecular weight excluding hydrogens is 210 g/mol. The molecule has 1 saturated heterocycles. The van der Waals surface area contributed by atoms with Gasteiger partial charge >= 0.3 is 0 Å². The molecule has 2 heterocycles. The highest BCUT2D eigenvalue weighted by molar-refractivity contribution is 5.48. The zero-order valence-electron chi connectivity index (χ0n) is 10.9. The van der Waals surface area contributed by atoms with E-state index in [4.69, 9.17) is 5.73 Å². The second kappa shape index (κ2) is 5.50. The summed E-state index contributed by atoms with van der Waals surface area (Å²) in [5.74, 6) is 1.99. The molecule has 2 rings (SSSR count). The SMILES string of the molecule is CCC1CCN(c2ncccc2C(C)N)CC1. The average molecular weight is 233 g/mol. The molecule has 1 aromatic rings. The maximum absolute atomic E-state index is 6.01. The van der Waals surface area contributed by atoms with E-state index in [0.717, 1.165) is 24.8 Å². The Morgan fingerprint density at radius 2 is 2.18 bits per heavy atom. The number of nitrogens with zero attached hydrogens (tertiary/aromatic N) is 2. The highest BCUT2D eigenvalue weighted by Gasteiger charge is 2.21. The lowest BCUT2D eigenvalue weighted by molar-refractivity contribution is 0.393. The molecule has 3 heteroatoms. The third-order valence-corrected chi connectivity index (χ3v) is 3.80. The lowest BCUT2D eigenvalue weighted by Gasteiger charge is -2.33. The summed E-state index contributed by atoms with van der Waals surface area (Å²) in [7, 11) is 0. The first-order valence-corrected chi connectivity index (χ1v) is 6.67. The van der Waals surface area contributed by atoms with Crippen LogP contribution in [0.4, 0.5) is 5.82 Å². The van der Waals surface area contributed by atoms with Gasteiger partial charge in [-0.15, -0.1) is 0 Å². The van der Waals surface area contributed by atoms with Crippen LogP contribution < -0.4 is 10.6 Å². The third kappa shape index (κ3) is 2.78. The molecule has 0 aliphatic carbocycles. The fourth-order valence-electron chi connectivity index (χ4n) is 2.58. The minimum absolute atomic E-state index is 0.0580. The number of aromatic nitrogens is 1. The zero-order chi connectivity index (χ0) is 12.3. The van der Waals surface area contributed by atoms with Gasteiger partial charge in [-0.05, 0) is 31.7 Å². The van der Waals surface area contributed by atoms with Crippen molar-refractivity contribution in [3.63, 3.8) is 0 Å². The molecule has 1 fully saturated rings. The van der Waals surface area contributed by atoms with Crippen LogP contribution in [0.5, 0.6) is 0 Å². The summed E-state index contributed by atoms with van der Waals surface area (Å²) in [5, 5.41) is 0. The molecule has 94 valence electrons. The number of pyridine rings is 1. The lowest BCUT2D eigenvalue weighted by atomic mass is 9.94. The Bertz CT molecular complexity index is 354. The molecule has 0 bridgehead atoms. The maximum Gasteiger partial charge on any atom is 0.133 e. The van der Waals surface area contributed by atoms with E-state index in [-0.39, 0.29) is 6.04 Å². The van der Waals surface area contributed by atoms with Crippen molar-refractivity contribution in [2.24, 2.45) is 11.7 Å². The molecule has 1 unspecified atom stereocenters. The minimum atomic E-state index is 0.0580. The molecule has 0 radical (unpaired) electrons. The van der Waals surface area contributed by atoms with E-state index in [1.54, 1.807) is 0 Å². The Labute approximate surface area is 104 Å². The Balaban J connectivity index is 2.13. The molecule has 1 atom stereocenters. The molecule has 17 heavy (non-hydrogen) atoms. The van der Waals surface area contributed by atoms with Crippen molar-refractivity contribution in [2.45, 2.75) is 39.2 Å². The van der Waals surface area contributed by atoms with Gasteiger partial charge in [0.15, 0.2) is 0 Å². The van der Waals surface area contributed by atoms with Crippen molar-refractivity contribution in [2.75, 3.05) is 18.0 Å². The van der Waals surface area contributed by atoms with Gasteiger partial charge in [0.1, 0.15) is 5.82 Å². The summed E-state index contributed by atoms with van der Waals surface area (Å²) in [6.07, 6.45) is 5.74. The van der Waals surface area contributed by atoms with Gasteiger partial charge in [-0.1, -0.05) is 19.4 Å². The Hall–Kier alpha value is -1.09. The largest absolute Gasteiger partial charge is 0.356 e. The van der Waals surface area contributed by atoms with Crippen LogP contribution in [0.15, 0.2) is 18.3 Å². The van der Waals surface area contributed by atoms with Crippen LogP contribution in [0.3, 0.4) is 0 Å². The zero-order valence-corrected chi connectivity index (χ0v) is 10.9. The molecule has 0 aromatic carbocycles. The van der Waals surface area contributed by atoms with Gasteiger partial charge < -0.3 is 10.6 Å². The van der Waals surface area contributed by atoms with E-state index < -0.39 is 0 Å². The summed E-state index contributed by atoms with van der Waals surface area (Å²) in [5.41, 5.74) is 7.18. The van der Waals surface area contributed by atoms with Gasteiger partial charge in [-0.25, -0.2) is 4.98 Å². The molecule has 1 aliphatic rings. The standard InChI is InChI=1S/C14H23N3/c1-3-12-6-9-17(10-7-12)14-13(11(2)15)5-4-8-16-14/h4-5,8,11-12H,3,6-7,9-10,15H2,1-2H3. The third-order valence-electron chi connectivity index (χ3n) is 3.80. The number of piperidine rings is 1. The van der Waals surface area contributed by atoms with Crippen LogP contribution >= 0.6 is 0 Å². The smallest absolute Gasteiger partial charge is 0.133 e. The predicted molar refractivity (Wildman–Crippen MR) is 72.1 cm³/mol. The van der Waals surface area contributed by atoms with Gasteiger partial charge in [0, 0.05) is 30.9 Å². The Kier molecular flexibility index (Phi) is 4.00. The highest BCUT2D eigenvalue weighted by Crippen LogP contribution is 2.27. The first-order chi connectivity index (χ1) is 8.22. The van der Waals surface area contributed by atoms with Crippen molar-refractivity contribution in [1.29, 1.82) is 0 Å². The monoisotopic (exact) mass is 233 g/mol. The van der Waals surface area contributed by atoms with Crippen molar-refractivity contribution in [3.8, 4) is 0 Å². The topological polar surface area (TPSA) is 42.2 Å². The number of anilines is 1. The van der Waals surface area contributed by atoms with E-state index in [0.29, 0.717) is 0 Å². The second-order valence-electron chi connectivity index (χ2n) is 5.04. The molecule has 1 aromatic heterocycles. The van der Waals surface area contributed by atoms with Crippen LogP contribution in [0, 0.1) is 5.92 Å². The van der Waals surface area contributed by atoms with Crippen LogP contribution in [-0.2, 0) is 0 Å². The molecule has 3 nitrogen and oxygen atoms in total. The second-order valence-corrected chi connectivity index (χ2v) is 5.04. The van der Waals surface area contributed by atoms with Gasteiger partial charge in [0.05, 0.1) is 0 Å². The van der Waals surface area contributed by atoms with E-state index in [1.807, 2.05) is 19.2 Å². The normalized spacial score (nSPS) is 19.4. The summed E-state index contributed by atoms with van der Waals surface area (Å²) in [6.45, 7) is 6.55. The first kappa shape index (κ1) is 12.4. The van der Waals surface area contributed by atoms with E-state index in [9.17, 15) is 0 Å².